The molecule has 3 N–H and O–H groups in total. The summed E-state index contributed by atoms with van der Waals surface area (Å²) in [5.74, 6) is 4.98. The number of hydrogen-bond donors (Lipinski definition) is 2. The molecule has 12 aromatic heterocycles. The van der Waals surface area contributed by atoms with E-state index >= 15 is 0 Å². The summed E-state index contributed by atoms with van der Waals surface area (Å²) in [6.07, 6.45) is 24.8. The molecule has 0 spiro atoms. The molecule has 27 heteroatoms. The largest absolute Gasteiger partial charge is 0.354 e. The summed E-state index contributed by atoms with van der Waals surface area (Å²) in [7, 11) is 5.66. The van der Waals surface area contributed by atoms with Crippen LogP contribution in [0.1, 0.15) is 84.3 Å². The number of aryl methyl sites for hydroxylation is 3. The highest BCUT2D eigenvalue weighted by atomic mass is 16.2. The first-order chi connectivity index (χ1) is 51.3. The molecule has 12 aromatic rings. The molecule has 0 aromatic carbocycles. The number of anilines is 3. The number of fused-ring (bicyclic) bond motifs is 3. The van der Waals surface area contributed by atoms with E-state index in [9.17, 15) is 25.4 Å². The van der Waals surface area contributed by atoms with E-state index in [-0.39, 0.29) is 11.8 Å². The third-order valence-electron chi connectivity index (χ3n) is 19.1. The van der Waals surface area contributed by atoms with Gasteiger partial charge in [-0.1, -0.05) is 41.5 Å². The third-order valence-corrected chi connectivity index (χ3v) is 19.1. The van der Waals surface area contributed by atoms with Crippen molar-refractivity contribution in [3.05, 3.63) is 164 Å². The van der Waals surface area contributed by atoms with Crippen LogP contribution in [0, 0.1) is 51.7 Å². The van der Waals surface area contributed by atoms with Gasteiger partial charge in [0.25, 0.3) is 0 Å². The number of imidazole rings is 3. The van der Waals surface area contributed by atoms with Crippen LogP contribution in [-0.2, 0) is 30.7 Å². The molecule has 3 saturated heterocycles. The summed E-state index contributed by atoms with van der Waals surface area (Å²) in [6.45, 7) is 23.4. The topological polar surface area (TPSA) is 304 Å². The van der Waals surface area contributed by atoms with Gasteiger partial charge in [0.05, 0.1) is 54.3 Å². The molecule has 15 heterocycles. The predicted octanol–water partition coefficient (Wildman–Crippen LogP) is 10.2. The van der Waals surface area contributed by atoms with Crippen molar-refractivity contribution in [2.75, 3.05) is 99.8 Å². The fourth-order valence-electron chi connectivity index (χ4n) is 13.0. The maximum atomic E-state index is 12.5. The van der Waals surface area contributed by atoms with E-state index in [1.54, 1.807) is 32.6 Å². The Kier molecular flexibility index (Phi) is 23.3. The number of nitriles is 3. The number of nitrogens with one attached hydrogen (secondary N) is 1. The Bertz CT molecular complexity index is 4910. The highest BCUT2D eigenvalue weighted by Crippen LogP contribution is 2.34. The average Bonchev–Trinajstić information content (AvgIpc) is 1.59. The first-order valence-electron chi connectivity index (χ1n) is 36.2. The average molecular weight is 1420 g/mol. The molecule has 27 nitrogen and oxygen atoms in total. The van der Waals surface area contributed by atoms with Gasteiger partial charge < -0.3 is 35.6 Å². The minimum absolute atomic E-state index is 0.248. The molecule has 0 saturated carbocycles. The van der Waals surface area contributed by atoms with Gasteiger partial charge in [-0.2, -0.15) is 31.1 Å². The van der Waals surface area contributed by atoms with Crippen molar-refractivity contribution in [3.63, 3.8) is 0 Å². The Morgan fingerprint density at radius 3 is 0.972 bits per heavy atom. The van der Waals surface area contributed by atoms with Crippen LogP contribution in [0.2, 0.25) is 0 Å². The van der Waals surface area contributed by atoms with E-state index in [2.05, 4.69) is 122 Å². The van der Waals surface area contributed by atoms with Crippen LogP contribution in [0.3, 0.4) is 0 Å². The van der Waals surface area contributed by atoms with Crippen LogP contribution in [0.15, 0.2) is 147 Å². The van der Waals surface area contributed by atoms with Crippen LogP contribution in [0.25, 0.3) is 84.1 Å². The SMILES string of the molecule is CC(C)CCC(=O)N1CCN(c2ccc(-c3cc(-c4cnn(C)c4)cc4ncc(C#N)n34)cn2)CC1.CC(C)CCC(=O)N1CCN(c2ccc(-c3cc(-c4cnn(C)c4)cc4ncc(C#N)n34)cn2)CC1.CC(C)CN.Cn1cc(-c2cc(-c3ccc(N4CCNCC4)nc3)n3c(C#N)cnc3c2)cn1. The van der Waals surface area contributed by atoms with Crippen molar-refractivity contribution in [1.29, 1.82) is 15.8 Å². The van der Waals surface area contributed by atoms with Gasteiger partial charge in [-0.05, 0) is 127 Å². The molecule has 3 aliphatic rings. The number of pyridine rings is 6. The standard InChI is InChI=1S/2C27H30N8O.C21H20N8.C4H11N/c2*1-19(2)4-7-27(36)34-10-8-33(9-11-34)25-6-5-20(15-29-25)24-12-21(22-16-31-32(3)18-22)13-26-30-17-23(14-28)35(24)26;1-27-14-17(12-26-27)16-8-19(29-18(10-22)13-25-21(29)9-16)15-2-3-20(24-11-15)28-6-4-23-5-7-28;1-4(2)3-5/h2*5-6,12-13,15-19H,4,7-11H2,1-3H3;2-3,8-9,11-14,23H,4-7H2,1H3;4H,3,5H2,1-2H3. The number of piperazine rings is 3. The number of aromatic nitrogens is 15. The van der Waals surface area contributed by atoms with Gasteiger partial charge in [0.15, 0.2) is 0 Å². The molecular weight excluding hydrogens is 1330 g/mol. The van der Waals surface area contributed by atoms with Gasteiger partial charge in [0.1, 0.15) is 69.7 Å². The fourth-order valence-corrected chi connectivity index (χ4v) is 13.0. The Hall–Kier alpha value is -12.1. The maximum absolute atomic E-state index is 12.5. The Morgan fingerprint density at radius 1 is 0.406 bits per heavy atom. The van der Waals surface area contributed by atoms with Gasteiger partial charge in [-0.25, -0.2) is 29.9 Å². The van der Waals surface area contributed by atoms with Crippen molar-refractivity contribution < 1.29 is 9.59 Å². The molecule has 15 rings (SSSR count). The number of nitrogens with zero attached hydrogens (tertiary/aromatic N) is 23. The quantitative estimate of drug-likeness (QED) is 0.0908. The second kappa shape index (κ2) is 33.5. The van der Waals surface area contributed by atoms with Gasteiger partial charge >= 0.3 is 0 Å². The van der Waals surface area contributed by atoms with E-state index in [0.717, 1.165) is 162 Å². The summed E-state index contributed by atoms with van der Waals surface area (Å²) in [6, 6.07) is 31.0. The Balaban J connectivity index is 0.000000145. The van der Waals surface area contributed by atoms with Gasteiger partial charge in [0, 0.05) is 183 Å². The number of hydrogen-bond acceptors (Lipinski definition) is 19. The Morgan fingerprint density at radius 2 is 0.717 bits per heavy atom. The van der Waals surface area contributed by atoms with Crippen molar-refractivity contribution in [1.82, 2.24) is 87.6 Å². The van der Waals surface area contributed by atoms with Gasteiger partial charge in [-0.3, -0.25) is 36.8 Å². The molecule has 0 radical (unpaired) electrons. The van der Waals surface area contributed by atoms with E-state index in [1.807, 2.05) is 161 Å². The van der Waals surface area contributed by atoms with Gasteiger partial charge in [-0.15, -0.1) is 0 Å². The first-order valence-corrected chi connectivity index (χ1v) is 36.2. The summed E-state index contributed by atoms with van der Waals surface area (Å²) in [4.78, 5) is 63.1. The predicted molar refractivity (Wildman–Crippen MR) is 411 cm³/mol. The molecule has 2 amide bonds. The molecule has 3 aliphatic heterocycles. The van der Waals surface area contributed by atoms with E-state index in [4.69, 9.17) is 20.7 Å². The van der Waals surface area contributed by atoms with Crippen molar-refractivity contribution in [3.8, 4) is 85.4 Å². The molecular formula is C79H91N25O2. The van der Waals surface area contributed by atoms with Crippen LogP contribution >= 0.6 is 0 Å². The summed E-state index contributed by atoms with van der Waals surface area (Å²) < 4.78 is 10.9. The summed E-state index contributed by atoms with van der Waals surface area (Å²) >= 11 is 0. The zero-order valence-electron chi connectivity index (χ0n) is 61.8. The van der Waals surface area contributed by atoms with Crippen LogP contribution in [0.4, 0.5) is 17.5 Å². The maximum Gasteiger partial charge on any atom is 0.222 e. The minimum atomic E-state index is 0.248. The van der Waals surface area contributed by atoms with Crippen LogP contribution < -0.4 is 25.8 Å². The smallest absolute Gasteiger partial charge is 0.222 e. The molecule has 544 valence electrons. The molecule has 106 heavy (non-hydrogen) atoms. The van der Waals surface area contributed by atoms with Crippen molar-refractivity contribution in [2.45, 2.75) is 67.2 Å². The summed E-state index contributed by atoms with van der Waals surface area (Å²) in [5, 5.41) is 45.1. The third kappa shape index (κ3) is 17.2. The van der Waals surface area contributed by atoms with E-state index in [1.165, 1.54) is 0 Å². The lowest BCUT2D eigenvalue weighted by molar-refractivity contribution is -0.132. The minimum Gasteiger partial charge on any atom is -0.354 e. The van der Waals surface area contributed by atoms with Crippen LogP contribution in [0.5, 0.6) is 0 Å². The molecule has 0 bridgehead atoms. The lowest BCUT2D eigenvalue weighted by Gasteiger charge is -2.35. The lowest BCUT2D eigenvalue weighted by Crippen LogP contribution is -2.49. The van der Waals surface area contributed by atoms with Crippen molar-refractivity contribution >= 4 is 46.2 Å². The van der Waals surface area contributed by atoms with E-state index < -0.39 is 0 Å². The second-order valence-electron chi connectivity index (χ2n) is 28.1. The highest BCUT2D eigenvalue weighted by Gasteiger charge is 2.26. The van der Waals surface area contributed by atoms with Gasteiger partial charge in [0.2, 0.25) is 11.8 Å². The monoisotopic (exact) mass is 1420 g/mol. The second-order valence-corrected chi connectivity index (χ2v) is 28.1. The number of amides is 2. The molecule has 3 fully saturated rings. The fraction of sp³-hybridized carbons (Fsp3) is 0.367. The number of nitrogens with two attached hydrogens (primary N) is 1. The normalized spacial score (nSPS) is 13.8. The first kappa shape index (κ1) is 73.6. The number of carbonyl (C=O) groups excluding carboxylic acids is 2. The van der Waals surface area contributed by atoms with Crippen LogP contribution in [-0.4, -0.2) is 179 Å². The lowest BCUT2D eigenvalue weighted by atomic mass is 10.1. The van der Waals surface area contributed by atoms with E-state index in [0.29, 0.717) is 85.2 Å². The number of carbonyl (C=O) groups is 2. The molecule has 0 unspecified atom stereocenters. The molecule has 0 aliphatic carbocycles. The highest BCUT2D eigenvalue weighted by molar-refractivity contribution is 5.80. The molecule has 0 atom stereocenters. The summed E-state index contributed by atoms with van der Waals surface area (Å²) in [5.41, 5.74) is 20.0. The number of rotatable bonds is 16. The Labute approximate surface area is 617 Å². The zero-order valence-corrected chi connectivity index (χ0v) is 61.8. The van der Waals surface area contributed by atoms with Crippen molar-refractivity contribution in [2.24, 2.45) is 44.6 Å². The zero-order chi connectivity index (χ0) is 74.5.